The molecule has 0 saturated heterocycles. The Kier molecular flexibility index (Phi) is 3.83. The van der Waals surface area contributed by atoms with Gasteiger partial charge in [0.1, 0.15) is 5.15 Å². The molecule has 5 heteroatoms. The van der Waals surface area contributed by atoms with E-state index in [1.165, 1.54) is 0 Å². The molecule has 0 atom stereocenters. The van der Waals surface area contributed by atoms with Gasteiger partial charge in [-0.1, -0.05) is 47.5 Å². The number of aromatic nitrogens is 2. The predicted molar refractivity (Wildman–Crippen MR) is 86.8 cm³/mol. The van der Waals surface area contributed by atoms with Gasteiger partial charge < -0.3 is 0 Å². The van der Waals surface area contributed by atoms with Gasteiger partial charge in [-0.3, -0.25) is 0 Å². The van der Waals surface area contributed by atoms with Crippen molar-refractivity contribution in [3.8, 4) is 11.4 Å². The molecule has 2 nitrogen and oxygen atoms in total. The molecule has 0 fully saturated rings. The molecule has 0 aliphatic rings. The number of rotatable bonds is 2. The molecule has 0 aliphatic heterocycles. The van der Waals surface area contributed by atoms with Crippen LogP contribution in [0.15, 0.2) is 47.4 Å². The molecule has 3 aromatic rings. The molecule has 2 aromatic carbocycles. The number of nitrogens with zero attached hydrogens (tertiary/aromatic N) is 2. The minimum Gasteiger partial charge on any atom is -0.228 e. The zero-order valence-electron chi connectivity index (χ0n) is 10.6. The normalized spacial score (nSPS) is 10.9. The van der Waals surface area contributed by atoms with Gasteiger partial charge in [0.15, 0.2) is 5.82 Å². The van der Waals surface area contributed by atoms with Gasteiger partial charge in [-0.05, 0) is 24.5 Å². The molecule has 20 heavy (non-hydrogen) atoms. The summed E-state index contributed by atoms with van der Waals surface area (Å²) >= 11 is 14.1. The van der Waals surface area contributed by atoms with E-state index in [1.54, 1.807) is 17.8 Å². The summed E-state index contributed by atoms with van der Waals surface area (Å²) in [7, 11) is 0. The molecule has 0 N–H and O–H groups in total. The van der Waals surface area contributed by atoms with Crippen LogP contribution in [0, 0.1) is 0 Å². The molecule has 1 aromatic heterocycles. The number of benzene rings is 2. The van der Waals surface area contributed by atoms with E-state index in [0.29, 0.717) is 21.4 Å². The van der Waals surface area contributed by atoms with Crippen molar-refractivity contribution in [2.45, 2.75) is 4.90 Å². The largest absolute Gasteiger partial charge is 0.228 e. The summed E-state index contributed by atoms with van der Waals surface area (Å²) in [6.45, 7) is 0. The molecule has 1 heterocycles. The minimum atomic E-state index is 0.381. The van der Waals surface area contributed by atoms with Crippen molar-refractivity contribution in [3.05, 3.63) is 52.6 Å². The monoisotopic (exact) mass is 320 g/mol. The summed E-state index contributed by atoms with van der Waals surface area (Å²) in [6, 6.07) is 13.5. The average Bonchev–Trinajstić information content (AvgIpc) is 2.47. The van der Waals surface area contributed by atoms with Crippen molar-refractivity contribution in [1.29, 1.82) is 0 Å². The van der Waals surface area contributed by atoms with Crippen LogP contribution < -0.4 is 0 Å². The highest BCUT2D eigenvalue weighted by Crippen LogP contribution is 2.33. The maximum Gasteiger partial charge on any atom is 0.162 e. The van der Waals surface area contributed by atoms with Gasteiger partial charge in [0.2, 0.25) is 0 Å². The molecule has 0 amide bonds. The summed E-state index contributed by atoms with van der Waals surface area (Å²) in [5, 5.41) is 1.64. The highest BCUT2D eigenvalue weighted by Gasteiger charge is 2.12. The van der Waals surface area contributed by atoms with Gasteiger partial charge in [0, 0.05) is 10.5 Å². The van der Waals surface area contributed by atoms with Crippen LogP contribution in [-0.2, 0) is 0 Å². The molecule has 0 aliphatic carbocycles. The zero-order chi connectivity index (χ0) is 14.1. The first-order chi connectivity index (χ1) is 9.70. The maximum absolute atomic E-state index is 6.27. The zero-order valence-corrected chi connectivity index (χ0v) is 12.9. The summed E-state index contributed by atoms with van der Waals surface area (Å²) in [5.41, 5.74) is 1.73. The first-order valence-electron chi connectivity index (χ1n) is 5.96. The van der Waals surface area contributed by atoms with E-state index in [1.807, 2.05) is 42.7 Å². The Morgan fingerprint density at radius 2 is 1.75 bits per heavy atom. The maximum atomic E-state index is 6.27. The third-order valence-corrected chi connectivity index (χ3v) is 4.36. The van der Waals surface area contributed by atoms with Crippen LogP contribution in [-0.4, -0.2) is 16.2 Å². The fourth-order valence-electron chi connectivity index (χ4n) is 2.05. The van der Waals surface area contributed by atoms with Gasteiger partial charge >= 0.3 is 0 Å². The first-order valence-corrected chi connectivity index (χ1v) is 7.94. The van der Waals surface area contributed by atoms with E-state index in [0.717, 1.165) is 16.0 Å². The number of fused-ring (bicyclic) bond motifs is 1. The highest BCUT2D eigenvalue weighted by atomic mass is 35.5. The lowest BCUT2D eigenvalue weighted by Crippen LogP contribution is -1.93. The molecule has 3 rings (SSSR count). The van der Waals surface area contributed by atoms with Crippen LogP contribution in [0.2, 0.25) is 10.2 Å². The Bertz CT molecular complexity index is 790. The molecule has 100 valence electrons. The van der Waals surface area contributed by atoms with Gasteiger partial charge in [-0.2, -0.15) is 0 Å². The Labute approximate surface area is 131 Å². The van der Waals surface area contributed by atoms with Crippen LogP contribution in [0.3, 0.4) is 0 Å². The lowest BCUT2D eigenvalue weighted by Gasteiger charge is -2.08. The van der Waals surface area contributed by atoms with Gasteiger partial charge in [-0.15, -0.1) is 11.8 Å². The third kappa shape index (κ3) is 2.37. The molecule has 0 saturated carbocycles. The molecule has 0 bridgehead atoms. The lowest BCUT2D eigenvalue weighted by atomic mass is 10.2. The lowest BCUT2D eigenvalue weighted by molar-refractivity contribution is 1.20. The Balaban J connectivity index is 2.28. The Hall–Kier alpha value is -1.29. The number of hydrogen-bond donors (Lipinski definition) is 0. The average molecular weight is 321 g/mol. The van der Waals surface area contributed by atoms with Crippen molar-refractivity contribution < 1.29 is 0 Å². The van der Waals surface area contributed by atoms with Crippen LogP contribution in [0.5, 0.6) is 0 Å². The molecule has 0 radical (unpaired) electrons. The second-order valence-corrected chi connectivity index (χ2v) is 5.79. The van der Waals surface area contributed by atoms with Crippen molar-refractivity contribution in [2.24, 2.45) is 0 Å². The topological polar surface area (TPSA) is 25.8 Å². The molecular formula is C15H10Cl2N2S. The molecule has 0 unspecified atom stereocenters. The van der Waals surface area contributed by atoms with Gasteiger partial charge in [0.25, 0.3) is 0 Å². The van der Waals surface area contributed by atoms with Crippen molar-refractivity contribution >= 4 is 45.9 Å². The molecule has 0 spiro atoms. The smallest absolute Gasteiger partial charge is 0.162 e. The van der Waals surface area contributed by atoms with E-state index in [-0.39, 0.29) is 0 Å². The standard InChI is InChI=1S/C15H10Cl2N2S/c1-20-12-8-3-2-5-9(12)15-18-11-7-4-6-10(16)13(11)14(17)19-15/h2-8H,1H3. The number of halogens is 2. The third-order valence-electron chi connectivity index (χ3n) is 2.98. The molecular weight excluding hydrogens is 311 g/mol. The van der Waals surface area contributed by atoms with Crippen LogP contribution in [0.4, 0.5) is 0 Å². The first kappa shape index (κ1) is 13.7. The van der Waals surface area contributed by atoms with Gasteiger partial charge in [0.05, 0.1) is 15.9 Å². The van der Waals surface area contributed by atoms with Crippen molar-refractivity contribution in [3.63, 3.8) is 0 Å². The van der Waals surface area contributed by atoms with Crippen LogP contribution in [0.1, 0.15) is 0 Å². The van der Waals surface area contributed by atoms with E-state index in [2.05, 4.69) is 9.97 Å². The Morgan fingerprint density at radius 3 is 2.55 bits per heavy atom. The van der Waals surface area contributed by atoms with E-state index < -0.39 is 0 Å². The quantitative estimate of drug-likeness (QED) is 0.471. The van der Waals surface area contributed by atoms with E-state index >= 15 is 0 Å². The summed E-state index contributed by atoms with van der Waals surface area (Å²) in [5.74, 6) is 0.620. The summed E-state index contributed by atoms with van der Waals surface area (Å²) in [4.78, 5) is 10.1. The fourth-order valence-corrected chi connectivity index (χ4v) is 3.23. The highest BCUT2D eigenvalue weighted by molar-refractivity contribution is 7.98. The second-order valence-electron chi connectivity index (χ2n) is 4.17. The fraction of sp³-hybridized carbons (Fsp3) is 0.0667. The van der Waals surface area contributed by atoms with Crippen LogP contribution >= 0.6 is 35.0 Å². The SMILES string of the molecule is CSc1ccccc1-c1nc(Cl)c2c(Cl)cccc2n1. The number of hydrogen-bond acceptors (Lipinski definition) is 3. The summed E-state index contributed by atoms with van der Waals surface area (Å²) in [6.07, 6.45) is 2.03. The number of thioether (sulfide) groups is 1. The minimum absolute atomic E-state index is 0.381. The van der Waals surface area contributed by atoms with E-state index in [9.17, 15) is 0 Å². The summed E-state index contributed by atoms with van der Waals surface area (Å²) < 4.78 is 0. The van der Waals surface area contributed by atoms with Gasteiger partial charge in [-0.25, -0.2) is 9.97 Å². The van der Waals surface area contributed by atoms with E-state index in [4.69, 9.17) is 23.2 Å². The van der Waals surface area contributed by atoms with Crippen molar-refractivity contribution in [2.75, 3.05) is 6.26 Å². The second kappa shape index (κ2) is 5.60. The van der Waals surface area contributed by atoms with Crippen LogP contribution in [0.25, 0.3) is 22.3 Å². The predicted octanol–water partition coefficient (Wildman–Crippen LogP) is 5.33. The van der Waals surface area contributed by atoms with Crippen molar-refractivity contribution in [1.82, 2.24) is 9.97 Å². The Morgan fingerprint density at radius 1 is 0.950 bits per heavy atom.